The molecule has 0 aromatic heterocycles. The number of allylic oxidation sites excluding steroid dienone is 6. The number of hydrogen-bond donors (Lipinski definition) is 0. The lowest BCUT2D eigenvalue weighted by molar-refractivity contribution is -0.111. The lowest BCUT2D eigenvalue weighted by Crippen LogP contribution is -2.21. The third-order valence-corrected chi connectivity index (χ3v) is 3.77. The summed E-state index contributed by atoms with van der Waals surface area (Å²) in [4.78, 5) is 41.0. The molecule has 3 rings (SSSR count). The van der Waals surface area contributed by atoms with E-state index in [9.17, 15) is 14.4 Å². The second kappa shape index (κ2) is 5.78. The summed E-state index contributed by atoms with van der Waals surface area (Å²) >= 11 is 5.95. The van der Waals surface area contributed by atoms with E-state index in [4.69, 9.17) is 16.4 Å². The van der Waals surface area contributed by atoms with Crippen LogP contribution in [0.1, 0.15) is 27.6 Å². The van der Waals surface area contributed by atoms with Gasteiger partial charge in [0.25, 0.3) is 0 Å². The fourth-order valence-corrected chi connectivity index (χ4v) is 2.41. The zero-order valence-electron chi connectivity index (χ0n) is 12.0. The van der Waals surface area contributed by atoms with Gasteiger partial charge in [-0.05, 0) is 30.7 Å². The number of rotatable bonds is 2. The van der Waals surface area contributed by atoms with E-state index in [1.807, 2.05) is 0 Å². The Kier molecular flexibility index (Phi) is 3.80. The summed E-state index contributed by atoms with van der Waals surface area (Å²) in [5, 5.41) is 3.48. The van der Waals surface area contributed by atoms with E-state index in [1.54, 1.807) is 19.1 Å². The molecule has 0 amide bonds. The standard InChI is InChI=1S/C17H10ClNO4/c1-9-8-10(6-7-13(9)20)19-23-17-14(18)15(21)11-4-2-3-5-12(11)16(17)22/h2-8H,1H3. The van der Waals surface area contributed by atoms with Crippen LogP contribution in [0.4, 0.5) is 0 Å². The number of halogens is 1. The van der Waals surface area contributed by atoms with Gasteiger partial charge in [-0.25, -0.2) is 0 Å². The molecule has 0 heterocycles. The van der Waals surface area contributed by atoms with E-state index in [0.29, 0.717) is 11.3 Å². The molecule has 23 heavy (non-hydrogen) atoms. The van der Waals surface area contributed by atoms with Crippen molar-refractivity contribution in [1.29, 1.82) is 0 Å². The van der Waals surface area contributed by atoms with Crippen molar-refractivity contribution in [2.75, 3.05) is 0 Å². The molecule has 0 unspecified atom stereocenters. The Morgan fingerprint density at radius 1 is 1.00 bits per heavy atom. The predicted molar refractivity (Wildman–Crippen MR) is 84.4 cm³/mol. The van der Waals surface area contributed by atoms with Crippen LogP contribution in [0, 0.1) is 0 Å². The maximum Gasteiger partial charge on any atom is 0.233 e. The molecule has 0 saturated heterocycles. The molecule has 0 fully saturated rings. The third kappa shape index (κ3) is 2.66. The summed E-state index contributed by atoms with van der Waals surface area (Å²) in [5.41, 5.74) is 1.30. The summed E-state index contributed by atoms with van der Waals surface area (Å²) in [6.45, 7) is 1.64. The number of nitrogens with zero attached hydrogens (tertiary/aromatic N) is 1. The first-order chi connectivity index (χ1) is 11.0. The highest BCUT2D eigenvalue weighted by Crippen LogP contribution is 2.29. The van der Waals surface area contributed by atoms with Gasteiger partial charge in [0.2, 0.25) is 17.3 Å². The van der Waals surface area contributed by atoms with E-state index in [1.165, 1.54) is 30.4 Å². The van der Waals surface area contributed by atoms with Crippen LogP contribution in [-0.2, 0) is 9.63 Å². The Morgan fingerprint density at radius 2 is 1.65 bits per heavy atom. The van der Waals surface area contributed by atoms with Crippen molar-refractivity contribution >= 4 is 34.7 Å². The van der Waals surface area contributed by atoms with E-state index < -0.39 is 11.6 Å². The minimum Gasteiger partial charge on any atom is -0.350 e. The number of benzene rings is 1. The molecule has 2 aliphatic rings. The number of ketones is 3. The average molecular weight is 328 g/mol. The topological polar surface area (TPSA) is 72.8 Å². The summed E-state index contributed by atoms with van der Waals surface area (Å²) in [6, 6.07) is 6.35. The predicted octanol–water partition coefficient (Wildman–Crippen LogP) is 2.97. The fourth-order valence-electron chi connectivity index (χ4n) is 2.19. The molecule has 0 N–H and O–H groups in total. The van der Waals surface area contributed by atoms with Crippen LogP contribution in [0.3, 0.4) is 0 Å². The summed E-state index contributed by atoms with van der Waals surface area (Å²) in [6.07, 6.45) is 4.31. The van der Waals surface area contributed by atoms with Crippen molar-refractivity contribution in [1.82, 2.24) is 0 Å². The van der Waals surface area contributed by atoms with Gasteiger partial charge in [0.15, 0.2) is 5.78 Å². The SMILES string of the molecule is CC1=CC(=NOC2=C(Cl)C(=O)c3ccccc3C2=O)C=CC1=O. The van der Waals surface area contributed by atoms with Gasteiger partial charge >= 0.3 is 0 Å². The summed E-state index contributed by atoms with van der Waals surface area (Å²) in [5.74, 6) is -1.44. The maximum absolute atomic E-state index is 12.4. The lowest BCUT2D eigenvalue weighted by Gasteiger charge is -2.15. The minimum atomic E-state index is -0.508. The Bertz CT molecular complexity index is 874. The molecule has 5 nitrogen and oxygen atoms in total. The lowest BCUT2D eigenvalue weighted by atomic mass is 9.93. The van der Waals surface area contributed by atoms with Crippen LogP contribution in [0.15, 0.2) is 64.0 Å². The van der Waals surface area contributed by atoms with Gasteiger partial charge in [-0.3, -0.25) is 14.4 Å². The Labute approximate surface area is 136 Å². The van der Waals surface area contributed by atoms with Gasteiger partial charge in [0.05, 0.1) is 0 Å². The smallest absolute Gasteiger partial charge is 0.233 e. The van der Waals surface area contributed by atoms with Crippen molar-refractivity contribution in [3.05, 3.63) is 70.0 Å². The van der Waals surface area contributed by atoms with Crippen LogP contribution in [0.25, 0.3) is 0 Å². The molecule has 114 valence electrons. The number of fused-ring (bicyclic) bond motifs is 1. The normalized spacial score (nSPS) is 19.1. The molecule has 0 saturated carbocycles. The van der Waals surface area contributed by atoms with Crippen LogP contribution in [0.2, 0.25) is 0 Å². The van der Waals surface area contributed by atoms with Crippen LogP contribution < -0.4 is 0 Å². The van der Waals surface area contributed by atoms with E-state index >= 15 is 0 Å². The van der Waals surface area contributed by atoms with Gasteiger partial charge in [-0.1, -0.05) is 41.0 Å². The third-order valence-electron chi connectivity index (χ3n) is 3.42. The summed E-state index contributed by atoms with van der Waals surface area (Å²) < 4.78 is 0. The van der Waals surface area contributed by atoms with Crippen molar-refractivity contribution in [3.63, 3.8) is 0 Å². The molecular formula is C17H10ClNO4. The monoisotopic (exact) mass is 327 g/mol. The first-order valence-corrected chi connectivity index (χ1v) is 7.11. The molecule has 0 bridgehead atoms. The number of carbonyl (C=O) groups excluding carboxylic acids is 3. The molecule has 0 atom stereocenters. The highest BCUT2D eigenvalue weighted by molar-refractivity contribution is 6.49. The van der Waals surface area contributed by atoms with Gasteiger partial charge < -0.3 is 4.84 Å². The van der Waals surface area contributed by atoms with Gasteiger partial charge in [-0.15, -0.1) is 0 Å². The van der Waals surface area contributed by atoms with Crippen molar-refractivity contribution in [3.8, 4) is 0 Å². The van der Waals surface area contributed by atoms with Gasteiger partial charge in [0.1, 0.15) is 10.7 Å². The number of carbonyl (C=O) groups is 3. The van der Waals surface area contributed by atoms with Gasteiger partial charge in [0, 0.05) is 11.1 Å². The maximum atomic E-state index is 12.4. The zero-order chi connectivity index (χ0) is 16.6. The Balaban J connectivity index is 1.94. The number of Topliss-reactive ketones (excluding diaryl/α,β-unsaturated/α-hetero) is 2. The van der Waals surface area contributed by atoms with Gasteiger partial charge in [-0.2, -0.15) is 0 Å². The number of oxime groups is 1. The average Bonchev–Trinajstić information content (AvgIpc) is 2.56. The first-order valence-electron chi connectivity index (χ1n) is 6.73. The highest BCUT2D eigenvalue weighted by atomic mass is 35.5. The Morgan fingerprint density at radius 3 is 2.30 bits per heavy atom. The second-order valence-corrected chi connectivity index (χ2v) is 5.36. The van der Waals surface area contributed by atoms with Crippen molar-refractivity contribution in [2.45, 2.75) is 6.92 Å². The van der Waals surface area contributed by atoms with Crippen LogP contribution >= 0.6 is 11.6 Å². The van der Waals surface area contributed by atoms with E-state index in [0.717, 1.165) is 0 Å². The molecule has 1 aromatic rings. The molecule has 0 radical (unpaired) electrons. The second-order valence-electron chi connectivity index (χ2n) is 4.98. The van der Waals surface area contributed by atoms with Crippen molar-refractivity contribution < 1.29 is 19.2 Å². The Hall–Kier alpha value is -2.79. The fraction of sp³-hybridized carbons (Fsp3) is 0.0588. The van der Waals surface area contributed by atoms with Crippen molar-refractivity contribution in [2.24, 2.45) is 5.16 Å². The first kappa shape index (κ1) is 15.1. The molecule has 0 spiro atoms. The molecular weight excluding hydrogens is 318 g/mol. The van der Waals surface area contributed by atoms with Crippen LogP contribution in [0.5, 0.6) is 0 Å². The molecule has 1 aromatic carbocycles. The zero-order valence-corrected chi connectivity index (χ0v) is 12.8. The largest absolute Gasteiger partial charge is 0.350 e. The quantitative estimate of drug-likeness (QED) is 0.618. The van der Waals surface area contributed by atoms with E-state index in [-0.39, 0.29) is 27.7 Å². The van der Waals surface area contributed by atoms with Crippen LogP contribution in [-0.4, -0.2) is 23.1 Å². The minimum absolute atomic E-state index is 0.126. The molecule has 2 aliphatic carbocycles. The molecule has 0 aliphatic heterocycles. The van der Waals surface area contributed by atoms with E-state index in [2.05, 4.69) is 5.16 Å². The highest BCUT2D eigenvalue weighted by Gasteiger charge is 2.33. The summed E-state index contributed by atoms with van der Waals surface area (Å²) in [7, 11) is 0. The molecule has 6 heteroatoms. The number of hydrogen-bond acceptors (Lipinski definition) is 5.